The van der Waals surface area contributed by atoms with Gasteiger partial charge in [0.2, 0.25) is 0 Å². The van der Waals surface area contributed by atoms with Gasteiger partial charge in [-0.05, 0) is 42.3 Å². The first-order valence-electron chi connectivity index (χ1n) is 6.41. The van der Waals surface area contributed by atoms with Gasteiger partial charge in [0.25, 0.3) is 0 Å². The van der Waals surface area contributed by atoms with E-state index in [9.17, 15) is 8.42 Å². The van der Waals surface area contributed by atoms with Crippen LogP contribution < -0.4 is 4.18 Å². The van der Waals surface area contributed by atoms with E-state index in [1.54, 1.807) is 24.3 Å². The minimum absolute atomic E-state index is 0.105. The molecule has 2 aromatic carbocycles. The van der Waals surface area contributed by atoms with E-state index in [0.717, 1.165) is 22.9 Å². The van der Waals surface area contributed by atoms with Crippen molar-refractivity contribution in [2.24, 2.45) is 0 Å². The summed E-state index contributed by atoms with van der Waals surface area (Å²) in [4.78, 5) is 0.105. The molecule has 0 bridgehead atoms. The van der Waals surface area contributed by atoms with Crippen LogP contribution in [0.1, 0.15) is 18.9 Å². The minimum atomic E-state index is -3.87. The van der Waals surface area contributed by atoms with Crippen molar-refractivity contribution >= 4 is 37.6 Å². The molecule has 0 fully saturated rings. The monoisotopic (exact) mass is 388 g/mol. The summed E-state index contributed by atoms with van der Waals surface area (Å²) >= 11 is 9.20. The second-order valence-electron chi connectivity index (χ2n) is 4.49. The third-order valence-electron chi connectivity index (χ3n) is 2.85. The molecule has 0 unspecified atom stereocenters. The third kappa shape index (κ3) is 4.22. The van der Waals surface area contributed by atoms with Crippen LogP contribution >= 0.6 is 27.5 Å². The van der Waals surface area contributed by atoms with Crippen LogP contribution in [0.3, 0.4) is 0 Å². The van der Waals surface area contributed by atoms with Crippen molar-refractivity contribution in [2.45, 2.75) is 24.7 Å². The van der Waals surface area contributed by atoms with Crippen molar-refractivity contribution in [1.29, 1.82) is 0 Å². The number of hydrogen-bond acceptors (Lipinski definition) is 3. The van der Waals surface area contributed by atoms with Crippen molar-refractivity contribution in [1.82, 2.24) is 0 Å². The van der Waals surface area contributed by atoms with Gasteiger partial charge in [-0.3, -0.25) is 0 Å². The van der Waals surface area contributed by atoms with Crippen molar-refractivity contribution < 1.29 is 12.6 Å². The van der Waals surface area contributed by atoms with Crippen LogP contribution in [0, 0.1) is 0 Å². The smallest absolute Gasteiger partial charge is 0.339 e. The molecule has 0 spiro atoms. The molecule has 0 amide bonds. The van der Waals surface area contributed by atoms with Gasteiger partial charge < -0.3 is 4.18 Å². The maximum atomic E-state index is 12.3. The SMILES string of the molecule is CCCc1ccc(Cl)cc1OS(=O)(=O)c1ccc(Br)cc1. The molecule has 0 aliphatic rings. The van der Waals surface area contributed by atoms with Crippen molar-refractivity contribution in [3.05, 3.63) is 57.5 Å². The van der Waals surface area contributed by atoms with Crippen molar-refractivity contribution in [2.75, 3.05) is 0 Å². The van der Waals surface area contributed by atoms with Gasteiger partial charge in [-0.1, -0.05) is 46.9 Å². The third-order valence-corrected chi connectivity index (χ3v) is 4.86. The predicted octanol–water partition coefficient (Wildman–Crippen LogP) is 4.82. The Morgan fingerprint density at radius 2 is 1.81 bits per heavy atom. The molecule has 6 heteroatoms. The lowest BCUT2D eigenvalue weighted by atomic mass is 10.1. The summed E-state index contributed by atoms with van der Waals surface area (Å²) < 4.78 is 30.7. The normalized spacial score (nSPS) is 11.4. The zero-order valence-electron chi connectivity index (χ0n) is 11.3. The van der Waals surface area contributed by atoms with Gasteiger partial charge in [0, 0.05) is 15.6 Å². The molecule has 3 nitrogen and oxygen atoms in total. The molecule has 0 aliphatic carbocycles. The summed E-state index contributed by atoms with van der Waals surface area (Å²) in [6.07, 6.45) is 1.61. The number of aryl methyl sites for hydroxylation is 1. The Morgan fingerprint density at radius 3 is 2.43 bits per heavy atom. The lowest BCUT2D eigenvalue weighted by molar-refractivity contribution is 0.482. The molecule has 0 heterocycles. The van der Waals surface area contributed by atoms with Crippen LogP contribution in [0.25, 0.3) is 0 Å². The summed E-state index contributed by atoms with van der Waals surface area (Å²) in [5, 5.41) is 0.441. The molecule has 0 atom stereocenters. The summed E-state index contributed by atoms with van der Waals surface area (Å²) in [6, 6.07) is 11.3. The summed E-state index contributed by atoms with van der Waals surface area (Å²) in [5.41, 5.74) is 0.822. The van der Waals surface area contributed by atoms with E-state index in [4.69, 9.17) is 15.8 Å². The van der Waals surface area contributed by atoms with E-state index in [1.807, 2.05) is 6.92 Å². The second-order valence-corrected chi connectivity index (χ2v) is 7.39. The number of hydrogen-bond donors (Lipinski definition) is 0. The van der Waals surface area contributed by atoms with Gasteiger partial charge in [-0.2, -0.15) is 8.42 Å². The van der Waals surface area contributed by atoms with Crippen LogP contribution in [-0.2, 0) is 16.5 Å². The van der Waals surface area contributed by atoms with E-state index >= 15 is 0 Å². The van der Waals surface area contributed by atoms with Crippen LogP contribution in [0.4, 0.5) is 0 Å². The highest BCUT2D eigenvalue weighted by Gasteiger charge is 2.18. The molecule has 0 N–H and O–H groups in total. The van der Waals surface area contributed by atoms with Gasteiger partial charge in [0.1, 0.15) is 10.6 Å². The van der Waals surface area contributed by atoms with E-state index < -0.39 is 10.1 Å². The molecule has 0 aromatic heterocycles. The Kier molecular flexibility index (Phi) is 5.30. The molecule has 0 saturated carbocycles. The molecule has 0 radical (unpaired) electrons. The zero-order valence-corrected chi connectivity index (χ0v) is 14.5. The summed E-state index contributed by atoms with van der Waals surface area (Å²) in [6.45, 7) is 2.02. The van der Waals surface area contributed by atoms with E-state index in [1.165, 1.54) is 18.2 Å². The average Bonchev–Trinajstić information content (AvgIpc) is 2.42. The quantitative estimate of drug-likeness (QED) is 0.688. The van der Waals surface area contributed by atoms with Crippen LogP contribution in [0.5, 0.6) is 5.75 Å². The maximum absolute atomic E-state index is 12.3. The first-order valence-corrected chi connectivity index (χ1v) is 8.99. The Balaban J connectivity index is 2.36. The molecular formula is C15H14BrClO3S. The van der Waals surface area contributed by atoms with E-state index in [-0.39, 0.29) is 10.6 Å². The lowest BCUT2D eigenvalue weighted by Crippen LogP contribution is -2.11. The van der Waals surface area contributed by atoms with Crippen LogP contribution in [0.15, 0.2) is 51.8 Å². The molecular weight excluding hydrogens is 376 g/mol. The van der Waals surface area contributed by atoms with E-state index in [0.29, 0.717) is 5.02 Å². The molecule has 2 aromatic rings. The Hall–Kier alpha value is -1.04. The topological polar surface area (TPSA) is 43.4 Å². The summed E-state index contributed by atoms with van der Waals surface area (Å²) in [7, 11) is -3.87. The number of benzene rings is 2. The van der Waals surface area contributed by atoms with Gasteiger partial charge in [-0.25, -0.2) is 0 Å². The number of halogens is 2. The van der Waals surface area contributed by atoms with Crippen molar-refractivity contribution in [3.63, 3.8) is 0 Å². The maximum Gasteiger partial charge on any atom is 0.339 e. The fourth-order valence-electron chi connectivity index (χ4n) is 1.85. The zero-order chi connectivity index (χ0) is 15.5. The first-order chi connectivity index (χ1) is 9.92. The Labute approximate surface area is 138 Å². The molecule has 0 saturated heterocycles. The lowest BCUT2D eigenvalue weighted by Gasteiger charge is -2.11. The first kappa shape index (κ1) is 16.3. The van der Waals surface area contributed by atoms with Gasteiger partial charge in [-0.15, -0.1) is 0 Å². The highest BCUT2D eigenvalue weighted by molar-refractivity contribution is 9.10. The molecule has 2 rings (SSSR count). The van der Waals surface area contributed by atoms with Crippen LogP contribution in [-0.4, -0.2) is 8.42 Å². The second kappa shape index (κ2) is 6.81. The minimum Gasteiger partial charge on any atom is -0.379 e. The fourth-order valence-corrected chi connectivity index (χ4v) is 3.23. The molecule has 21 heavy (non-hydrogen) atoms. The van der Waals surface area contributed by atoms with Gasteiger partial charge in [0.15, 0.2) is 0 Å². The highest BCUT2D eigenvalue weighted by atomic mass is 79.9. The Morgan fingerprint density at radius 1 is 1.14 bits per heavy atom. The Bertz CT molecular complexity index is 727. The number of rotatable bonds is 5. The van der Waals surface area contributed by atoms with Gasteiger partial charge >= 0.3 is 10.1 Å². The average molecular weight is 390 g/mol. The standard InChI is InChI=1S/C15H14BrClO3S/c1-2-3-11-4-7-13(17)10-15(11)20-21(18,19)14-8-5-12(16)6-9-14/h4-10H,2-3H2,1H3. The molecule has 112 valence electrons. The fraction of sp³-hybridized carbons (Fsp3) is 0.200. The van der Waals surface area contributed by atoms with Crippen LogP contribution in [0.2, 0.25) is 5.02 Å². The predicted molar refractivity (Wildman–Crippen MR) is 87.4 cm³/mol. The summed E-state index contributed by atoms with van der Waals surface area (Å²) in [5.74, 6) is 0.285. The van der Waals surface area contributed by atoms with E-state index in [2.05, 4.69) is 15.9 Å². The highest BCUT2D eigenvalue weighted by Crippen LogP contribution is 2.28. The largest absolute Gasteiger partial charge is 0.379 e. The molecule has 0 aliphatic heterocycles. The van der Waals surface area contributed by atoms with Crippen molar-refractivity contribution in [3.8, 4) is 5.75 Å². The van der Waals surface area contributed by atoms with Gasteiger partial charge in [0.05, 0.1) is 0 Å².